The lowest BCUT2D eigenvalue weighted by atomic mass is 9.84. The summed E-state index contributed by atoms with van der Waals surface area (Å²) in [5.74, 6) is 0.147. The zero-order valence-electron chi connectivity index (χ0n) is 60.0. The molecule has 0 saturated heterocycles. The normalized spacial score (nSPS) is 13.0. The molecule has 0 fully saturated rings. The van der Waals surface area contributed by atoms with Crippen LogP contribution < -0.4 is 0 Å². The fourth-order valence-electron chi connectivity index (χ4n) is 18.9. The first-order valence-corrected chi connectivity index (χ1v) is 38.2. The van der Waals surface area contributed by atoms with Crippen molar-refractivity contribution in [3.05, 3.63) is 416 Å². The summed E-state index contributed by atoms with van der Waals surface area (Å²) in [6.45, 7) is 0. The third-order valence-corrected chi connectivity index (χ3v) is 23.9. The number of benzene rings is 18. The summed E-state index contributed by atoms with van der Waals surface area (Å²) in [5, 5.41) is 14.9. The molecule has 0 radical (unpaired) electrons. The molecule has 0 saturated carbocycles. The molecule has 0 amide bonds. The Morgan fingerprint density at radius 1 is 0.200 bits per heavy atom. The van der Waals surface area contributed by atoms with E-state index in [0.717, 1.165) is 45.3 Å². The summed E-state index contributed by atoms with van der Waals surface area (Å²) >= 11 is 0. The summed E-state index contributed by atoms with van der Waals surface area (Å²) in [7, 11) is 0. The SMILES string of the molecule is c1ccc(-n2c3ccccc3c3ccc(-c4ccc5c(c4)-c4ccccc4C5c4ccc(-c5ccc6c(c5)-c5ccccc5C6)c5ccccc45)cc32)cc1.c1ccc(-n2c3ccccc3c3ccc(-c4ccc5c(c4)c4ccccc4n5-c4ccc(-c5ccc6c(c5)oc5ccccc56)c5ccccc45)cc32)cc1. The first kappa shape index (κ1) is 61.9. The lowest BCUT2D eigenvalue weighted by Crippen LogP contribution is -2.01. The van der Waals surface area contributed by atoms with Crippen LogP contribution in [0, 0.1) is 0 Å². The van der Waals surface area contributed by atoms with Gasteiger partial charge in [0.25, 0.3) is 0 Å². The molecule has 22 aromatic rings. The molecule has 512 valence electrons. The predicted octanol–water partition coefficient (Wildman–Crippen LogP) is 28.3. The van der Waals surface area contributed by atoms with E-state index in [1.54, 1.807) is 0 Å². The number of hydrogen-bond donors (Lipinski definition) is 0. The van der Waals surface area contributed by atoms with Crippen molar-refractivity contribution in [3.63, 3.8) is 0 Å². The van der Waals surface area contributed by atoms with Gasteiger partial charge in [-0.2, -0.15) is 0 Å². The van der Waals surface area contributed by atoms with Crippen LogP contribution in [0.1, 0.15) is 33.7 Å². The number of hydrogen-bond acceptors (Lipinski definition) is 1. The van der Waals surface area contributed by atoms with Crippen LogP contribution in [0.5, 0.6) is 0 Å². The topological polar surface area (TPSA) is 27.9 Å². The van der Waals surface area contributed by atoms with Crippen molar-refractivity contribution in [2.75, 3.05) is 0 Å². The second-order valence-corrected chi connectivity index (χ2v) is 29.7. The number of furan rings is 1. The summed E-state index contributed by atoms with van der Waals surface area (Å²) in [4.78, 5) is 0. The van der Waals surface area contributed by atoms with Crippen molar-refractivity contribution >= 4 is 109 Å². The molecule has 110 heavy (non-hydrogen) atoms. The fraction of sp³-hybridized carbons (Fsp3) is 0.0189. The zero-order chi connectivity index (χ0) is 72.1. The Bertz CT molecular complexity index is 7570. The minimum Gasteiger partial charge on any atom is -0.456 e. The second kappa shape index (κ2) is 24.6. The van der Waals surface area contributed by atoms with E-state index in [0.29, 0.717) is 0 Å². The van der Waals surface area contributed by atoms with Gasteiger partial charge in [0, 0.05) is 65.8 Å². The summed E-state index contributed by atoms with van der Waals surface area (Å²) < 4.78 is 13.5. The smallest absolute Gasteiger partial charge is 0.136 e. The number of para-hydroxylation sites is 6. The molecule has 0 spiro atoms. The Morgan fingerprint density at radius 3 is 1.33 bits per heavy atom. The minimum absolute atomic E-state index is 0.147. The van der Waals surface area contributed by atoms with Gasteiger partial charge in [-0.25, -0.2) is 0 Å². The maximum atomic E-state index is 6.30. The molecule has 4 nitrogen and oxygen atoms in total. The van der Waals surface area contributed by atoms with E-state index in [1.165, 1.54) is 182 Å². The van der Waals surface area contributed by atoms with Gasteiger partial charge in [-0.1, -0.05) is 285 Å². The lowest BCUT2D eigenvalue weighted by Gasteiger charge is -2.19. The van der Waals surface area contributed by atoms with Crippen LogP contribution in [0.15, 0.2) is 393 Å². The summed E-state index contributed by atoms with van der Waals surface area (Å²) in [6.07, 6.45) is 1.01. The van der Waals surface area contributed by atoms with Crippen molar-refractivity contribution in [2.45, 2.75) is 12.3 Å². The van der Waals surface area contributed by atoms with Gasteiger partial charge in [-0.3, -0.25) is 0 Å². The summed E-state index contributed by atoms with van der Waals surface area (Å²) in [6, 6.07) is 143. The number of aromatic nitrogens is 3. The standard InChI is InChI=1S/C54H35N.C52H32N2O/c1-2-13-39(14-3-1)55-52-21-11-10-19-45(52)46-26-24-35(33-53(46)55)34-25-27-49-51(31-34)44-18-8-9-20-47(44)54(49)48-29-28-41(42-16-6-7-17-43(42)48)38-23-22-37-30-36-12-4-5-15-40(36)50(37)32-38;1-2-12-36(13-3-1)53-46-19-9-6-16-40(46)42-25-22-34(31-50(42)53)33-24-28-49-45(30-33)41-17-7-10-20-47(41)54(49)48-29-27-37(38-14-4-5-15-39(38)48)35-23-26-44-43-18-8-11-21-51(43)55-52(44)32-35/h1-29,31-33,54H,30H2;1-32H. The van der Waals surface area contributed by atoms with Gasteiger partial charge in [-0.15, -0.1) is 0 Å². The molecule has 0 N–H and O–H groups in total. The largest absolute Gasteiger partial charge is 0.456 e. The molecule has 1 atom stereocenters. The van der Waals surface area contributed by atoms with Gasteiger partial charge < -0.3 is 18.1 Å². The Kier molecular flexibility index (Phi) is 13.9. The predicted molar refractivity (Wildman–Crippen MR) is 461 cm³/mol. The quantitative estimate of drug-likeness (QED) is 0.149. The first-order valence-electron chi connectivity index (χ1n) is 38.2. The molecule has 0 aliphatic heterocycles. The summed E-state index contributed by atoms with van der Waals surface area (Å²) in [5.41, 5.74) is 34.7. The molecular weight excluding hydrogens is 1330 g/mol. The average molecular weight is 1400 g/mol. The number of rotatable bonds is 8. The van der Waals surface area contributed by atoms with E-state index in [1.807, 2.05) is 12.1 Å². The van der Waals surface area contributed by atoms with Crippen LogP contribution >= 0.6 is 0 Å². The molecule has 4 heterocycles. The molecule has 4 aromatic heterocycles. The molecule has 4 heteroatoms. The van der Waals surface area contributed by atoms with E-state index in [2.05, 4.69) is 390 Å². The third-order valence-electron chi connectivity index (χ3n) is 23.9. The van der Waals surface area contributed by atoms with Crippen molar-refractivity contribution in [3.8, 4) is 83.8 Å². The average Bonchev–Trinajstić information content (AvgIpc) is 1.57. The van der Waals surface area contributed by atoms with E-state index in [4.69, 9.17) is 4.42 Å². The third kappa shape index (κ3) is 9.59. The van der Waals surface area contributed by atoms with Gasteiger partial charge in [0.2, 0.25) is 0 Å². The first-order chi connectivity index (χ1) is 54.6. The highest BCUT2D eigenvalue weighted by Gasteiger charge is 2.32. The maximum Gasteiger partial charge on any atom is 0.136 e. The highest BCUT2D eigenvalue weighted by atomic mass is 16.3. The van der Waals surface area contributed by atoms with Crippen LogP contribution in [0.4, 0.5) is 0 Å². The van der Waals surface area contributed by atoms with Gasteiger partial charge >= 0.3 is 0 Å². The molecule has 0 bridgehead atoms. The van der Waals surface area contributed by atoms with Gasteiger partial charge in [0.15, 0.2) is 0 Å². The maximum absolute atomic E-state index is 6.30. The molecule has 2 aliphatic rings. The molecule has 24 rings (SSSR count). The fourth-order valence-corrected chi connectivity index (χ4v) is 18.9. The van der Waals surface area contributed by atoms with E-state index in [9.17, 15) is 0 Å². The number of fused-ring (bicyclic) bond motifs is 20. The van der Waals surface area contributed by atoms with Crippen LogP contribution in [0.3, 0.4) is 0 Å². The van der Waals surface area contributed by atoms with Crippen LogP contribution in [0.2, 0.25) is 0 Å². The molecule has 2 aliphatic carbocycles. The Labute approximate surface area is 635 Å². The van der Waals surface area contributed by atoms with Gasteiger partial charge in [0.1, 0.15) is 11.2 Å². The second-order valence-electron chi connectivity index (χ2n) is 29.7. The lowest BCUT2D eigenvalue weighted by molar-refractivity contribution is 0.669. The van der Waals surface area contributed by atoms with Crippen molar-refractivity contribution in [1.29, 1.82) is 0 Å². The van der Waals surface area contributed by atoms with Crippen molar-refractivity contribution in [1.82, 2.24) is 13.7 Å². The highest BCUT2D eigenvalue weighted by molar-refractivity contribution is 6.16. The van der Waals surface area contributed by atoms with E-state index < -0.39 is 0 Å². The van der Waals surface area contributed by atoms with E-state index >= 15 is 0 Å². The minimum atomic E-state index is 0.147. The Hall–Kier alpha value is -14.3. The van der Waals surface area contributed by atoms with Gasteiger partial charge in [0.05, 0.1) is 38.8 Å². The van der Waals surface area contributed by atoms with Crippen molar-refractivity contribution < 1.29 is 4.42 Å². The molecule has 18 aromatic carbocycles. The Morgan fingerprint density at radius 2 is 0.627 bits per heavy atom. The Balaban J connectivity index is 0.000000132. The molecular formula is C106H67N3O. The van der Waals surface area contributed by atoms with E-state index in [-0.39, 0.29) is 5.92 Å². The monoisotopic (exact) mass is 1400 g/mol. The number of nitrogens with zero attached hydrogens (tertiary/aromatic N) is 3. The van der Waals surface area contributed by atoms with Crippen molar-refractivity contribution in [2.24, 2.45) is 0 Å². The van der Waals surface area contributed by atoms with Crippen LogP contribution in [0.25, 0.3) is 193 Å². The van der Waals surface area contributed by atoms with Crippen LogP contribution in [-0.4, -0.2) is 13.7 Å². The molecule has 1 unspecified atom stereocenters. The van der Waals surface area contributed by atoms with Gasteiger partial charge in [-0.05, 0) is 220 Å². The van der Waals surface area contributed by atoms with Crippen LogP contribution in [-0.2, 0) is 6.42 Å². The highest BCUT2D eigenvalue weighted by Crippen LogP contribution is 2.53. The zero-order valence-corrected chi connectivity index (χ0v) is 60.0.